The number of likely N-dealkylation sites (tertiary alicyclic amines) is 1. The molecule has 14 heteroatoms. The summed E-state index contributed by atoms with van der Waals surface area (Å²) in [6.07, 6.45) is -4.76. The average molecular weight is 551 g/mol. The number of benzene rings is 1. The topological polar surface area (TPSA) is 134 Å². The van der Waals surface area contributed by atoms with Crippen LogP contribution >= 0.6 is 0 Å². The van der Waals surface area contributed by atoms with Gasteiger partial charge in [0, 0.05) is 12.6 Å². The van der Waals surface area contributed by atoms with E-state index in [1.807, 2.05) is 0 Å². The summed E-state index contributed by atoms with van der Waals surface area (Å²) in [5, 5.41) is 5.38. The van der Waals surface area contributed by atoms with Gasteiger partial charge >= 0.3 is 12.1 Å². The van der Waals surface area contributed by atoms with Gasteiger partial charge in [-0.3, -0.25) is 9.59 Å². The van der Waals surface area contributed by atoms with E-state index >= 15 is 0 Å². The molecular weight excluding hydrogens is 517 g/mol. The highest BCUT2D eigenvalue weighted by Gasteiger charge is 2.40. The molecule has 1 aliphatic rings. The minimum Gasteiger partial charge on any atom is -0.467 e. The number of rotatable bonds is 9. The molecule has 0 saturated carbocycles. The highest BCUT2D eigenvalue weighted by atomic mass is 32.2. The second-order valence-corrected chi connectivity index (χ2v) is 10.9. The molecule has 1 aromatic rings. The number of ether oxygens (including phenoxy) is 1. The maximum atomic E-state index is 13.3. The number of amides is 2. The summed E-state index contributed by atoms with van der Waals surface area (Å²) in [6, 6.07) is -0.321. The van der Waals surface area contributed by atoms with E-state index in [0.717, 1.165) is 18.2 Å². The van der Waals surface area contributed by atoms with Gasteiger partial charge in [-0.05, 0) is 50.9 Å². The maximum absolute atomic E-state index is 13.3. The number of nitrogens with one attached hydrogen (secondary N) is 3. The molecule has 1 fully saturated rings. The second kappa shape index (κ2) is 12.2. The number of hydrogen-bond acceptors (Lipinski definition) is 7. The van der Waals surface area contributed by atoms with Gasteiger partial charge in [0.1, 0.15) is 12.1 Å². The number of esters is 1. The van der Waals surface area contributed by atoms with E-state index in [-0.39, 0.29) is 25.3 Å². The van der Waals surface area contributed by atoms with E-state index in [2.05, 4.69) is 15.4 Å². The number of hydrogen-bond donors (Lipinski definition) is 3. The smallest absolute Gasteiger partial charge is 0.416 e. The fourth-order valence-corrected chi connectivity index (χ4v) is 5.29. The quantitative estimate of drug-likeness (QED) is 0.394. The molecule has 4 atom stereocenters. The van der Waals surface area contributed by atoms with Crippen LogP contribution in [0.4, 0.5) is 13.2 Å². The van der Waals surface area contributed by atoms with Crippen molar-refractivity contribution < 1.29 is 40.7 Å². The Labute approximate surface area is 214 Å². The van der Waals surface area contributed by atoms with Gasteiger partial charge in [-0.15, -0.1) is 0 Å². The highest BCUT2D eigenvalue weighted by molar-refractivity contribution is 7.89. The van der Waals surface area contributed by atoms with E-state index in [4.69, 9.17) is 4.74 Å². The monoisotopic (exact) mass is 550 g/mol. The second-order valence-electron chi connectivity index (χ2n) is 9.18. The molecule has 3 N–H and O–H groups in total. The summed E-state index contributed by atoms with van der Waals surface area (Å²) < 4.78 is 72.1. The average Bonchev–Trinajstić information content (AvgIpc) is 2.84. The van der Waals surface area contributed by atoms with E-state index in [0.29, 0.717) is 6.07 Å². The first-order chi connectivity index (χ1) is 17.1. The van der Waals surface area contributed by atoms with Crippen LogP contribution in [-0.2, 0) is 35.3 Å². The van der Waals surface area contributed by atoms with E-state index in [9.17, 15) is 36.0 Å². The molecule has 2 amide bonds. The van der Waals surface area contributed by atoms with E-state index in [1.54, 1.807) is 27.8 Å². The van der Waals surface area contributed by atoms with Gasteiger partial charge in [0.05, 0.1) is 23.6 Å². The fourth-order valence-electron chi connectivity index (χ4n) is 3.96. The minimum absolute atomic E-state index is 0.00326. The summed E-state index contributed by atoms with van der Waals surface area (Å²) in [7, 11) is -1.63. The lowest BCUT2D eigenvalue weighted by Gasteiger charge is -2.40. The molecule has 2 rings (SSSR count). The Balaban J connectivity index is 2.31. The Morgan fingerprint density at radius 2 is 1.81 bits per heavy atom. The number of halogens is 3. The van der Waals surface area contributed by atoms with Crippen LogP contribution in [0.2, 0.25) is 0 Å². The van der Waals surface area contributed by atoms with Gasteiger partial charge in [-0.25, -0.2) is 17.9 Å². The first kappa shape index (κ1) is 30.5. The summed E-state index contributed by atoms with van der Waals surface area (Å²) in [6.45, 7) is 5.00. The molecule has 0 bridgehead atoms. The SMILES string of the molecule is CNC(C)C(=O)N1CCC(NS(=O)(=O)c2cccc(C(F)(F)F)c2)CC1C(=O)NC(C(=O)OC)C(C)C. The summed E-state index contributed by atoms with van der Waals surface area (Å²) in [4.78, 5) is 39.1. The number of sulfonamides is 1. The van der Waals surface area contributed by atoms with E-state index < -0.39 is 68.6 Å². The Morgan fingerprint density at radius 1 is 1.16 bits per heavy atom. The van der Waals surface area contributed by atoms with Crippen molar-refractivity contribution >= 4 is 27.8 Å². The molecule has 1 heterocycles. The van der Waals surface area contributed by atoms with Crippen LogP contribution in [0.3, 0.4) is 0 Å². The lowest BCUT2D eigenvalue weighted by atomic mass is 9.95. The number of nitrogens with zero attached hydrogens (tertiary/aromatic N) is 1. The number of alkyl halides is 3. The van der Waals surface area contributed by atoms with E-state index in [1.165, 1.54) is 12.0 Å². The molecule has 1 aliphatic heterocycles. The molecule has 0 radical (unpaired) electrons. The largest absolute Gasteiger partial charge is 0.467 e. The first-order valence-corrected chi connectivity index (χ1v) is 13.2. The van der Waals surface area contributed by atoms with Crippen LogP contribution in [0.25, 0.3) is 0 Å². The van der Waals surface area contributed by atoms with Crippen LogP contribution < -0.4 is 15.4 Å². The third-order valence-corrected chi connectivity index (χ3v) is 7.72. The Hall–Kier alpha value is -2.71. The lowest BCUT2D eigenvalue weighted by molar-refractivity contribution is -0.149. The zero-order chi connectivity index (χ0) is 28.1. The zero-order valence-corrected chi connectivity index (χ0v) is 22.1. The van der Waals surface area contributed by atoms with Crippen molar-refractivity contribution in [3.05, 3.63) is 29.8 Å². The van der Waals surface area contributed by atoms with Crippen LogP contribution in [0.15, 0.2) is 29.2 Å². The van der Waals surface area contributed by atoms with Crippen molar-refractivity contribution in [3.8, 4) is 0 Å². The van der Waals surface area contributed by atoms with Gasteiger partial charge in [0.15, 0.2) is 0 Å². The van der Waals surface area contributed by atoms with Crippen molar-refractivity contribution in [1.29, 1.82) is 0 Å². The zero-order valence-electron chi connectivity index (χ0n) is 21.3. The molecule has 0 aliphatic carbocycles. The van der Waals surface area contributed by atoms with Gasteiger partial charge in [-0.1, -0.05) is 19.9 Å². The Kier molecular flexibility index (Phi) is 10.1. The summed E-state index contributed by atoms with van der Waals surface area (Å²) >= 11 is 0. The number of likely N-dealkylation sites (N-methyl/N-ethyl adjacent to an activating group) is 1. The number of carbonyl (C=O) groups is 3. The number of piperidine rings is 1. The van der Waals surface area contributed by atoms with Gasteiger partial charge in [-0.2, -0.15) is 13.2 Å². The fraction of sp³-hybridized carbons (Fsp3) is 0.609. The predicted octanol–water partition coefficient (Wildman–Crippen LogP) is 1.27. The van der Waals surface area contributed by atoms with Crippen LogP contribution in [0, 0.1) is 5.92 Å². The molecule has 1 aromatic carbocycles. The summed E-state index contributed by atoms with van der Waals surface area (Å²) in [5.41, 5.74) is -1.11. The van der Waals surface area contributed by atoms with Gasteiger partial charge < -0.3 is 20.3 Å². The maximum Gasteiger partial charge on any atom is 0.416 e. The van der Waals surface area contributed by atoms with Crippen molar-refractivity contribution in [2.45, 2.75) is 68.9 Å². The number of methoxy groups -OCH3 is 1. The first-order valence-electron chi connectivity index (χ1n) is 11.7. The third-order valence-electron chi connectivity index (χ3n) is 6.20. The summed E-state index contributed by atoms with van der Waals surface area (Å²) in [5.74, 6) is -2.09. The predicted molar refractivity (Wildman–Crippen MR) is 128 cm³/mol. The third kappa shape index (κ3) is 7.65. The molecule has 37 heavy (non-hydrogen) atoms. The van der Waals surface area contributed by atoms with Crippen molar-refractivity contribution in [1.82, 2.24) is 20.3 Å². The van der Waals surface area contributed by atoms with Crippen molar-refractivity contribution in [3.63, 3.8) is 0 Å². The minimum atomic E-state index is -4.73. The molecule has 1 saturated heterocycles. The van der Waals surface area contributed by atoms with Crippen molar-refractivity contribution in [2.75, 3.05) is 20.7 Å². The molecule has 0 aromatic heterocycles. The van der Waals surface area contributed by atoms with Crippen LogP contribution in [0.1, 0.15) is 39.2 Å². The Bertz CT molecular complexity index is 1100. The molecular formula is C23H33F3N4O6S. The van der Waals surface area contributed by atoms with Gasteiger partial charge in [0.25, 0.3) is 0 Å². The highest BCUT2D eigenvalue weighted by Crippen LogP contribution is 2.31. The number of carbonyl (C=O) groups excluding carboxylic acids is 3. The molecule has 0 spiro atoms. The molecule has 4 unspecified atom stereocenters. The standard InChI is InChI=1S/C23H33F3N4O6S/c1-13(2)19(22(33)36-5)28-20(31)18-12-16(9-10-30(18)21(32)14(3)27-4)29-37(34,35)17-8-6-7-15(11-17)23(24,25)26/h6-8,11,13-14,16,18-19,27,29H,9-10,12H2,1-5H3,(H,28,31). The lowest BCUT2D eigenvalue weighted by Crippen LogP contribution is -2.61. The normalized spacial score (nSPS) is 20.3. The molecule has 208 valence electrons. The van der Waals surface area contributed by atoms with Crippen LogP contribution in [0.5, 0.6) is 0 Å². The molecule has 10 nitrogen and oxygen atoms in total. The van der Waals surface area contributed by atoms with Gasteiger partial charge in [0.2, 0.25) is 21.8 Å². The van der Waals surface area contributed by atoms with Crippen molar-refractivity contribution in [2.24, 2.45) is 5.92 Å². The van der Waals surface area contributed by atoms with Crippen LogP contribution in [-0.4, -0.2) is 76.0 Å². The Morgan fingerprint density at radius 3 is 2.35 bits per heavy atom.